The molecule has 0 saturated heterocycles. The maximum atomic E-state index is 13.4. The maximum Gasteiger partial charge on any atom is 0.331 e. The van der Waals surface area contributed by atoms with Crippen molar-refractivity contribution in [3.8, 4) is 0 Å². The quantitative estimate of drug-likeness (QED) is 0.875. The molecule has 1 aromatic carbocycles. The van der Waals surface area contributed by atoms with E-state index in [1.54, 1.807) is 0 Å². The number of H-pyrrole nitrogens is 1. The molecule has 0 aliphatic rings. The average Bonchev–Trinajstić information content (AvgIpc) is 2.82. The van der Waals surface area contributed by atoms with E-state index in [4.69, 9.17) is 11.6 Å². The van der Waals surface area contributed by atoms with Crippen molar-refractivity contribution in [2.45, 2.75) is 11.8 Å². The van der Waals surface area contributed by atoms with Gasteiger partial charge in [-0.1, -0.05) is 17.7 Å². The number of imidazole rings is 1. The number of halogens is 2. The molecule has 0 spiro atoms. The van der Waals surface area contributed by atoms with Gasteiger partial charge in [0.05, 0.1) is 6.61 Å². The van der Waals surface area contributed by atoms with Gasteiger partial charge >= 0.3 is 10.1 Å². The van der Waals surface area contributed by atoms with Crippen molar-refractivity contribution in [2.75, 3.05) is 0 Å². The van der Waals surface area contributed by atoms with Crippen LogP contribution in [0.5, 0.6) is 0 Å². The van der Waals surface area contributed by atoms with Crippen LogP contribution in [-0.4, -0.2) is 18.4 Å². The van der Waals surface area contributed by atoms with E-state index in [1.165, 1.54) is 30.6 Å². The van der Waals surface area contributed by atoms with Crippen molar-refractivity contribution >= 4 is 21.7 Å². The molecule has 0 radical (unpaired) electrons. The van der Waals surface area contributed by atoms with Gasteiger partial charge in [0.15, 0.2) is 0 Å². The molecule has 0 fully saturated rings. The minimum Gasteiger partial charge on any atom is -0.334 e. The van der Waals surface area contributed by atoms with Crippen molar-refractivity contribution < 1.29 is 17.0 Å². The SMILES string of the molecule is O=S(=O)(OCc1c(F)cccc1Cl)c1ncc[nH]1. The van der Waals surface area contributed by atoms with Gasteiger partial charge in [-0.15, -0.1) is 0 Å². The third kappa shape index (κ3) is 2.69. The first kappa shape index (κ1) is 13.0. The lowest BCUT2D eigenvalue weighted by Crippen LogP contribution is -2.09. The van der Waals surface area contributed by atoms with Crippen molar-refractivity contribution in [1.82, 2.24) is 9.97 Å². The zero-order valence-corrected chi connectivity index (χ0v) is 10.5. The van der Waals surface area contributed by atoms with Crippen LogP contribution in [0.2, 0.25) is 5.02 Å². The molecule has 0 aliphatic carbocycles. The van der Waals surface area contributed by atoms with Gasteiger partial charge in [0.2, 0.25) is 0 Å². The Labute approximate surface area is 108 Å². The van der Waals surface area contributed by atoms with Crippen LogP contribution >= 0.6 is 11.6 Å². The molecule has 2 aromatic rings. The van der Waals surface area contributed by atoms with E-state index < -0.39 is 22.5 Å². The van der Waals surface area contributed by atoms with Crippen LogP contribution in [0.25, 0.3) is 0 Å². The van der Waals surface area contributed by atoms with Crippen LogP contribution in [0.3, 0.4) is 0 Å². The minimum atomic E-state index is -4.04. The zero-order chi connectivity index (χ0) is 13.2. The molecule has 0 bridgehead atoms. The Kier molecular flexibility index (Phi) is 3.65. The molecule has 2 rings (SSSR count). The fourth-order valence-corrected chi connectivity index (χ4v) is 2.25. The van der Waals surface area contributed by atoms with E-state index in [0.29, 0.717) is 0 Å². The lowest BCUT2D eigenvalue weighted by atomic mass is 10.2. The van der Waals surface area contributed by atoms with Crippen LogP contribution in [0.4, 0.5) is 4.39 Å². The van der Waals surface area contributed by atoms with Gasteiger partial charge in [0.25, 0.3) is 5.16 Å². The van der Waals surface area contributed by atoms with Crippen molar-refractivity contribution in [2.24, 2.45) is 0 Å². The Hall–Kier alpha value is -1.44. The monoisotopic (exact) mass is 290 g/mol. The number of nitrogens with one attached hydrogen (secondary N) is 1. The predicted molar refractivity (Wildman–Crippen MR) is 62.0 cm³/mol. The Morgan fingerprint density at radius 1 is 1.44 bits per heavy atom. The van der Waals surface area contributed by atoms with E-state index in [9.17, 15) is 12.8 Å². The second-order valence-electron chi connectivity index (χ2n) is 3.31. The Bertz CT molecular complexity index is 623. The summed E-state index contributed by atoms with van der Waals surface area (Å²) >= 11 is 5.75. The fraction of sp³-hybridized carbons (Fsp3) is 0.100. The standard InChI is InChI=1S/C10H8ClFN2O3S/c11-8-2-1-3-9(12)7(8)6-17-18(15,16)10-13-4-5-14-10/h1-5H,6H2,(H,13,14). The molecule has 0 amide bonds. The summed E-state index contributed by atoms with van der Waals surface area (Å²) in [5, 5.41) is -0.236. The van der Waals surface area contributed by atoms with E-state index in [0.717, 1.165) is 0 Å². The Morgan fingerprint density at radius 2 is 2.22 bits per heavy atom. The van der Waals surface area contributed by atoms with Gasteiger partial charge in [-0.05, 0) is 12.1 Å². The van der Waals surface area contributed by atoms with Gasteiger partial charge in [0.1, 0.15) is 5.82 Å². The van der Waals surface area contributed by atoms with Gasteiger partial charge in [0, 0.05) is 23.0 Å². The van der Waals surface area contributed by atoms with Crippen LogP contribution in [-0.2, 0) is 20.9 Å². The smallest absolute Gasteiger partial charge is 0.331 e. The van der Waals surface area contributed by atoms with E-state index in [-0.39, 0.29) is 15.7 Å². The summed E-state index contributed by atoms with van der Waals surface area (Å²) in [5.74, 6) is -0.628. The molecule has 0 atom stereocenters. The van der Waals surface area contributed by atoms with E-state index in [1.807, 2.05) is 0 Å². The summed E-state index contributed by atoms with van der Waals surface area (Å²) in [6, 6.07) is 4.04. The number of rotatable bonds is 4. The predicted octanol–water partition coefficient (Wildman–Crippen LogP) is 2.11. The molecule has 0 unspecified atom stereocenters. The second kappa shape index (κ2) is 5.05. The maximum absolute atomic E-state index is 13.4. The van der Waals surface area contributed by atoms with Crippen LogP contribution in [0, 0.1) is 5.82 Å². The summed E-state index contributed by atoms with van der Waals surface area (Å²) in [7, 11) is -4.04. The van der Waals surface area contributed by atoms with Crippen LogP contribution < -0.4 is 0 Å². The van der Waals surface area contributed by atoms with Crippen molar-refractivity contribution in [1.29, 1.82) is 0 Å². The molecular formula is C10H8ClFN2O3S. The molecular weight excluding hydrogens is 283 g/mol. The Morgan fingerprint density at radius 3 is 2.83 bits per heavy atom. The highest BCUT2D eigenvalue weighted by Gasteiger charge is 2.19. The van der Waals surface area contributed by atoms with Crippen molar-refractivity contribution in [3.05, 3.63) is 47.0 Å². The molecule has 1 N–H and O–H groups in total. The minimum absolute atomic E-state index is 0.0192. The van der Waals surface area contributed by atoms with Crippen LogP contribution in [0.15, 0.2) is 35.7 Å². The molecule has 8 heteroatoms. The highest BCUT2D eigenvalue weighted by atomic mass is 35.5. The van der Waals surface area contributed by atoms with Gasteiger partial charge in [-0.3, -0.25) is 4.18 Å². The first-order valence-corrected chi connectivity index (χ1v) is 6.61. The molecule has 18 heavy (non-hydrogen) atoms. The Balaban J connectivity index is 2.18. The highest BCUT2D eigenvalue weighted by molar-refractivity contribution is 7.86. The number of hydrogen-bond donors (Lipinski definition) is 1. The first-order chi connectivity index (χ1) is 8.50. The summed E-state index contributed by atoms with van der Waals surface area (Å²) < 4.78 is 41.3. The molecule has 5 nitrogen and oxygen atoms in total. The summed E-state index contributed by atoms with van der Waals surface area (Å²) in [6.07, 6.45) is 2.61. The third-order valence-electron chi connectivity index (χ3n) is 2.13. The van der Waals surface area contributed by atoms with Gasteiger partial charge in [-0.2, -0.15) is 8.42 Å². The molecule has 0 aliphatic heterocycles. The van der Waals surface area contributed by atoms with E-state index in [2.05, 4.69) is 14.2 Å². The average molecular weight is 291 g/mol. The van der Waals surface area contributed by atoms with Crippen molar-refractivity contribution in [3.63, 3.8) is 0 Å². The number of benzene rings is 1. The number of hydrogen-bond acceptors (Lipinski definition) is 4. The number of nitrogens with zero attached hydrogens (tertiary/aromatic N) is 1. The first-order valence-electron chi connectivity index (χ1n) is 4.82. The van der Waals surface area contributed by atoms with Gasteiger partial charge in [-0.25, -0.2) is 9.37 Å². The normalized spacial score (nSPS) is 11.7. The zero-order valence-electron chi connectivity index (χ0n) is 8.93. The van der Waals surface area contributed by atoms with Crippen LogP contribution in [0.1, 0.15) is 5.56 Å². The molecule has 96 valence electrons. The largest absolute Gasteiger partial charge is 0.334 e. The highest BCUT2D eigenvalue weighted by Crippen LogP contribution is 2.21. The molecule has 1 heterocycles. The third-order valence-corrected chi connectivity index (χ3v) is 3.61. The van der Waals surface area contributed by atoms with E-state index >= 15 is 0 Å². The number of aromatic amines is 1. The summed E-state index contributed by atoms with van der Waals surface area (Å²) in [6.45, 7) is -0.492. The lowest BCUT2D eigenvalue weighted by Gasteiger charge is -2.06. The summed E-state index contributed by atoms with van der Waals surface area (Å²) in [5.41, 5.74) is -0.0192. The molecule has 1 aromatic heterocycles. The molecule has 0 saturated carbocycles. The second-order valence-corrected chi connectivity index (χ2v) is 5.25. The number of aromatic nitrogens is 2. The topological polar surface area (TPSA) is 72.1 Å². The lowest BCUT2D eigenvalue weighted by molar-refractivity contribution is 0.299. The fourth-order valence-electron chi connectivity index (χ4n) is 1.25. The van der Waals surface area contributed by atoms with Gasteiger partial charge < -0.3 is 4.98 Å². The summed E-state index contributed by atoms with van der Waals surface area (Å²) in [4.78, 5) is 5.94.